The molecule has 2 aromatic carbocycles. The highest BCUT2D eigenvalue weighted by Gasteiger charge is 2.23. The molecule has 1 aliphatic carbocycles. The minimum Gasteiger partial charge on any atom is -0.491 e. The lowest BCUT2D eigenvalue weighted by atomic mass is 10.1. The molecule has 1 heterocycles. The van der Waals surface area contributed by atoms with Crippen LogP contribution < -0.4 is 10.1 Å². The third-order valence-electron chi connectivity index (χ3n) is 4.75. The van der Waals surface area contributed by atoms with E-state index in [-0.39, 0.29) is 6.10 Å². The van der Waals surface area contributed by atoms with Gasteiger partial charge in [0.1, 0.15) is 11.6 Å². The van der Waals surface area contributed by atoms with Gasteiger partial charge in [0.05, 0.1) is 11.6 Å². The van der Waals surface area contributed by atoms with Crippen LogP contribution in [0, 0.1) is 0 Å². The second-order valence-electron chi connectivity index (χ2n) is 7.41. The number of hydrogen-bond donors (Lipinski definition) is 1. The molecule has 0 bridgehead atoms. The van der Waals surface area contributed by atoms with E-state index in [9.17, 15) is 0 Å². The van der Waals surface area contributed by atoms with Gasteiger partial charge in [-0.25, -0.2) is 4.98 Å². The second kappa shape index (κ2) is 7.36. The zero-order valence-corrected chi connectivity index (χ0v) is 15.5. The van der Waals surface area contributed by atoms with Crippen molar-refractivity contribution in [2.75, 3.05) is 11.9 Å². The van der Waals surface area contributed by atoms with E-state index in [1.54, 1.807) is 0 Å². The predicted octanol–water partition coefficient (Wildman–Crippen LogP) is 5.55. The quantitative estimate of drug-likeness (QED) is 0.608. The first-order valence-corrected chi connectivity index (χ1v) is 9.57. The Morgan fingerprint density at radius 3 is 2.73 bits per heavy atom. The number of hydrogen-bond acceptors (Lipinski definition) is 3. The zero-order chi connectivity index (χ0) is 17.9. The maximum absolute atomic E-state index is 5.78. The van der Waals surface area contributed by atoms with Crippen molar-refractivity contribution < 1.29 is 4.74 Å². The molecule has 0 radical (unpaired) electrons. The standard InChI is InChI=1S/C23H26N2O/c1-16(2)26-21-10-8-19-9-11-23(25-22(19)15-21)24-13-12-17-4-3-5-20(14-17)18-6-7-18/h3-5,8-11,14-16,18H,6-7,12-13H2,1-2H3,(H,24,25). The van der Waals surface area contributed by atoms with Gasteiger partial charge in [0, 0.05) is 18.0 Å². The molecule has 0 saturated heterocycles. The van der Waals surface area contributed by atoms with Crippen molar-refractivity contribution in [3.63, 3.8) is 0 Å². The summed E-state index contributed by atoms with van der Waals surface area (Å²) < 4.78 is 5.78. The lowest BCUT2D eigenvalue weighted by Gasteiger charge is -2.11. The van der Waals surface area contributed by atoms with Gasteiger partial charge in [-0.3, -0.25) is 0 Å². The van der Waals surface area contributed by atoms with Gasteiger partial charge in [0.15, 0.2) is 0 Å². The number of benzene rings is 2. The van der Waals surface area contributed by atoms with E-state index in [1.165, 1.54) is 24.0 Å². The molecule has 134 valence electrons. The normalized spacial score (nSPS) is 14.0. The van der Waals surface area contributed by atoms with Gasteiger partial charge in [-0.1, -0.05) is 24.3 Å². The van der Waals surface area contributed by atoms with Crippen LogP contribution in [-0.4, -0.2) is 17.6 Å². The summed E-state index contributed by atoms with van der Waals surface area (Å²) in [6.07, 6.45) is 3.88. The van der Waals surface area contributed by atoms with Crippen LogP contribution in [-0.2, 0) is 6.42 Å². The Hall–Kier alpha value is -2.55. The van der Waals surface area contributed by atoms with E-state index in [0.717, 1.165) is 41.4 Å². The Morgan fingerprint density at radius 2 is 1.92 bits per heavy atom. The largest absolute Gasteiger partial charge is 0.491 e. The highest BCUT2D eigenvalue weighted by molar-refractivity contribution is 5.81. The van der Waals surface area contributed by atoms with Crippen LogP contribution in [0.1, 0.15) is 43.7 Å². The third-order valence-corrected chi connectivity index (χ3v) is 4.75. The van der Waals surface area contributed by atoms with Gasteiger partial charge in [-0.15, -0.1) is 0 Å². The summed E-state index contributed by atoms with van der Waals surface area (Å²) in [6, 6.07) is 19.3. The highest BCUT2D eigenvalue weighted by atomic mass is 16.5. The van der Waals surface area contributed by atoms with Crippen molar-refractivity contribution in [3.05, 3.63) is 65.7 Å². The summed E-state index contributed by atoms with van der Waals surface area (Å²) in [6.45, 7) is 4.95. The number of anilines is 1. The molecule has 0 amide bonds. The average molecular weight is 346 g/mol. The summed E-state index contributed by atoms with van der Waals surface area (Å²) in [5.41, 5.74) is 3.86. The van der Waals surface area contributed by atoms with Gasteiger partial charge in [0.25, 0.3) is 0 Å². The lowest BCUT2D eigenvalue weighted by Crippen LogP contribution is -2.07. The van der Waals surface area contributed by atoms with Crippen LogP contribution in [0.3, 0.4) is 0 Å². The molecule has 1 N–H and O–H groups in total. The molecule has 1 aromatic heterocycles. The van der Waals surface area contributed by atoms with E-state index in [4.69, 9.17) is 9.72 Å². The number of rotatable bonds is 7. The maximum atomic E-state index is 5.78. The van der Waals surface area contributed by atoms with E-state index >= 15 is 0 Å². The van der Waals surface area contributed by atoms with Crippen molar-refractivity contribution in [1.82, 2.24) is 4.98 Å². The molecule has 3 nitrogen and oxygen atoms in total. The molecule has 3 heteroatoms. The van der Waals surface area contributed by atoms with Gasteiger partial charge in [0.2, 0.25) is 0 Å². The Balaban J connectivity index is 1.41. The number of aromatic nitrogens is 1. The number of nitrogens with one attached hydrogen (secondary N) is 1. The number of nitrogens with zero attached hydrogens (tertiary/aromatic N) is 1. The molecule has 0 unspecified atom stereocenters. The SMILES string of the molecule is CC(C)Oc1ccc2ccc(NCCc3cccc(C4CC4)c3)nc2c1. The first-order chi connectivity index (χ1) is 12.7. The molecule has 26 heavy (non-hydrogen) atoms. The summed E-state index contributed by atoms with van der Waals surface area (Å²) in [5, 5.41) is 4.59. The van der Waals surface area contributed by atoms with Crippen molar-refractivity contribution in [2.45, 2.75) is 45.1 Å². The van der Waals surface area contributed by atoms with Crippen LogP contribution in [0.25, 0.3) is 10.9 Å². The van der Waals surface area contributed by atoms with Gasteiger partial charge in [-0.2, -0.15) is 0 Å². The van der Waals surface area contributed by atoms with Gasteiger partial charge < -0.3 is 10.1 Å². The van der Waals surface area contributed by atoms with Gasteiger partial charge >= 0.3 is 0 Å². The van der Waals surface area contributed by atoms with Crippen molar-refractivity contribution in [2.24, 2.45) is 0 Å². The fraction of sp³-hybridized carbons (Fsp3) is 0.348. The third kappa shape index (κ3) is 4.16. The summed E-state index contributed by atoms with van der Waals surface area (Å²) in [5.74, 6) is 2.60. The summed E-state index contributed by atoms with van der Waals surface area (Å²) >= 11 is 0. The molecular weight excluding hydrogens is 320 g/mol. The molecule has 1 saturated carbocycles. The van der Waals surface area contributed by atoms with Crippen molar-refractivity contribution >= 4 is 16.7 Å². The lowest BCUT2D eigenvalue weighted by molar-refractivity contribution is 0.242. The van der Waals surface area contributed by atoms with Crippen LogP contribution in [0.5, 0.6) is 5.75 Å². The maximum Gasteiger partial charge on any atom is 0.126 e. The average Bonchev–Trinajstić information content (AvgIpc) is 3.46. The minimum atomic E-state index is 0.167. The van der Waals surface area contributed by atoms with Crippen LogP contribution in [0.15, 0.2) is 54.6 Å². The predicted molar refractivity (Wildman–Crippen MR) is 108 cm³/mol. The summed E-state index contributed by atoms with van der Waals surface area (Å²) in [4.78, 5) is 4.74. The van der Waals surface area contributed by atoms with Crippen LogP contribution in [0.4, 0.5) is 5.82 Å². The first-order valence-electron chi connectivity index (χ1n) is 9.57. The Morgan fingerprint density at radius 1 is 1.08 bits per heavy atom. The van der Waals surface area contributed by atoms with Crippen LogP contribution in [0.2, 0.25) is 0 Å². The fourth-order valence-electron chi connectivity index (χ4n) is 3.30. The van der Waals surface area contributed by atoms with Gasteiger partial charge in [-0.05, 0) is 74.4 Å². The van der Waals surface area contributed by atoms with Crippen LogP contribution >= 0.6 is 0 Å². The molecule has 3 aromatic rings. The molecule has 1 aliphatic rings. The molecule has 0 aliphatic heterocycles. The monoisotopic (exact) mass is 346 g/mol. The van der Waals surface area contributed by atoms with E-state index in [0.29, 0.717) is 0 Å². The molecule has 4 rings (SSSR count). The zero-order valence-electron chi connectivity index (χ0n) is 15.5. The Kier molecular flexibility index (Phi) is 4.79. The van der Waals surface area contributed by atoms with E-state index in [2.05, 4.69) is 41.7 Å². The molecular formula is C23H26N2O. The molecule has 0 atom stereocenters. The van der Waals surface area contributed by atoms with Crippen molar-refractivity contribution in [1.29, 1.82) is 0 Å². The minimum absolute atomic E-state index is 0.167. The van der Waals surface area contributed by atoms with E-state index in [1.807, 2.05) is 32.0 Å². The summed E-state index contributed by atoms with van der Waals surface area (Å²) in [7, 11) is 0. The van der Waals surface area contributed by atoms with Crippen molar-refractivity contribution in [3.8, 4) is 5.75 Å². The smallest absolute Gasteiger partial charge is 0.126 e. The fourth-order valence-corrected chi connectivity index (χ4v) is 3.30. The first kappa shape index (κ1) is 16.9. The van der Waals surface area contributed by atoms with E-state index < -0.39 is 0 Å². The number of pyridine rings is 1. The number of fused-ring (bicyclic) bond motifs is 1. The Labute approximate surface area is 155 Å². The topological polar surface area (TPSA) is 34.1 Å². The molecule has 1 fully saturated rings. The molecule has 0 spiro atoms. The Bertz CT molecular complexity index is 900. The second-order valence-corrected chi connectivity index (χ2v) is 7.41. The number of ether oxygens (including phenoxy) is 1. The highest BCUT2D eigenvalue weighted by Crippen LogP contribution is 2.40.